The van der Waals surface area contributed by atoms with Crippen LogP contribution < -0.4 is 5.32 Å². The lowest BCUT2D eigenvalue weighted by atomic mass is 9.90. The summed E-state index contributed by atoms with van der Waals surface area (Å²) >= 11 is 1.71. The quantitative estimate of drug-likeness (QED) is 0.219. The third-order valence-electron chi connectivity index (χ3n) is 7.63. The van der Waals surface area contributed by atoms with E-state index in [9.17, 15) is 9.59 Å². The molecule has 2 aliphatic heterocycles. The van der Waals surface area contributed by atoms with Crippen molar-refractivity contribution >= 4 is 40.2 Å². The second-order valence-corrected chi connectivity index (χ2v) is 11.5. The standard InChI is InChI=1S/C36H33N3O3S/c1-2-42-35(41)31-32(27-17-10-5-11-18-27)38-36-39(23-12-24-43-36)33(31)28-19-21-29(22-20-28)37-34(40)30(25-13-6-3-7-14-25)26-15-8-4-9-16-26/h3-11,13-22,30,33H,2,12,23-24H2,1H3,(H,37,40). The third-order valence-corrected chi connectivity index (χ3v) is 8.71. The number of amidine groups is 1. The monoisotopic (exact) mass is 587 g/mol. The molecule has 7 heteroatoms. The van der Waals surface area contributed by atoms with Gasteiger partial charge in [-0.2, -0.15) is 0 Å². The zero-order valence-corrected chi connectivity index (χ0v) is 24.8. The molecule has 0 aliphatic carbocycles. The highest BCUT2D eigenvalue weighted by Gasteiger charge is 2.39. The molecule has 1 N–H and O–H groups in total. The van der Waals surface area contributed by atoms with Crippen molar-refractivity contribution < 1.29 is 14.3 Å². The molecule has 1 saturated heterocycles. The Bertz CT molecular complexity index is 1600. The number of ether oxygens (including phenoxy) is 1. The van der Waals surface area contributed by atoms with Gasteiger partial charge in [0.1, 0.15) is 0 Å². The maximum atomic E-state index is 13.7. The predicted molar refractivity (Wildman–Crippen MR) is 174 cm³/mol. The fourth-order valence-electron chi connectivity index (χ4n) is 5.68. The first-order valence-corrected chi connectivity index (χ1v) is 15.6. The lowest BCUT2D eigenvalue weighted by Gasteiger charge is -2.41. The van der Waals surface area contributed by atoms with Crippen LogP contribution >= 0.6 is 11.8 Å². The molecule has 43 heavy (non-hydrogen) atoms. The highest BCUT2D eigenvalue weighted by molar-refractivity contribution is 8.13. The minimum Gasteiger partial charge on any atom is -0.463 e. The first-order chi connectivity index (χ1) is 21.1. The number of carbonyl (C=O) groups excluding carboxylic acids is 2. The van der Waals surface area contributed by atoms with Gasteiger partial charge < -0.3 is 15.0 Å². The van der Waals surface area contributed by atoms with E-state index in [-0.39, 0.29) is 24.5 Å². The summed E-state index contributed by atoms with van der Waals surface area (Å²) in [5, 5.41) is 4.04. The lowest BCUT2D eigenvalue weighted by molar-refractivity contribution is -0.139. The van der Waals surface area contributed by atoms with E-state index in [1.165, 1.54) is 0 Å². The van der Waals surface area contributed by atoms with Crippen LogP contribution in [0.4, 0.5) is 5.69 Å². The van der Waals surface area contributed by atoms with Crippen LogP contribution in [0.25, 0.3) is 5.70 Å². The highest BCUT2D eigenvalue weighted by atomic mass is 32.2. The van der Waals surface area contributed by atoms with Crippen molar-refractivity contribution in [3.63, 3.8) is 0 Å². The van der Waals surface area contributed by atoms with E-state index < -0.39 is 5.92 Å². The summed E-state index contributed by atoms with van der Waals surface area (Å²) in [6, 6.07) is 36.9. The average Bonchev–Trinajstić information content (AvgIpc) is 3.06. The zero-order valence-electron chi connectivity index (χ0n) is 24.0. The van der Waals surface area contributed by atoms with E-state index in [2.05, 4.69) is 10.2 Å². The van der Waals surface area contributed by atoms with Crippen molar-refractivity contribution in [3.8, 4) is 0 Å². The minimum absolute atomic E-state index is 0.108. The molecule has 216 valence electrons. The smallest absolute Gasteiger partial charge is 0.338 e. The molecule has 1 unspecified atom stereocenters. The Labute approximate surface area is 256 Å². The predicted octanol–water partition coefficient (Wildman–Crippen LogP) is 7.28. The maximum absolute atomic E-state index is 13.7. The number of hydrogen-bond donors (Lipinski definition) is 1. The van der Waals surface area contributed by atoms with Crippen LogP contribution in [-0.2, 0) is 14.3 Å². The van der Waals surface area contributed by atoms with Gasteiger partial charge in [-0.3, -0.25) is 4.79 Å². The molecular weight excluding hydrogens is 554 g/mol. The molecule has 2 heterocycles. The van der Waals surface area contributed by atoms with Gasteiger partial charge in [-0.15, -0.1) is 0 Å². The van der Waals surface area contributed by atoms with Crippen LogP contribution in [0, 0.1) is 0 Å². The van der Waals surface area contributed by atoms with E-state index in [4.69, 9.17) is 9.73 Å². The molecule has 0 bridgehead atoms. The van der Waals surface area contributed by atoms with Gasteiger partial charge in [0.15, 0.2) is 5.17 Å². The maximum Gasteiger partial charge on any atom is 0.338 e. The van der Waals surface area contributed by atoms with Crippen LogP contribution in [0.15, 0.2) is 126 Å². The highest BCUT2D eigenvalue weighted by Crippen LogP contribution is 2.43. The molecule has 1 fully saturated rings. The number of aliphatic imine (C=N–C) groups is 1. The fraction of sp³-hybridized carbons (Fsp3) is 0.194. The zero-order chi connectivity index (χ0) is 29.6. The molecule has 1 amide bonds. The summed E-state index contributed by atoms with van der Waals surface area (Å²) in [4.78, 5) is 34.5. The van der Waals surface area contributed by atoms with Crippen LogP contribution in [0.5, 0.6) is 0 Å². The molecular formula is C36H33N3O3S. The lowest BCUT2D eigenvalue weighted by Crippen LogP contribution is -2.42. The Balaban J connectivity index is 1.34. The minimum atomic E-state index is -0.448. The van der Waals surface area contributed by atoms with Gasteiger partial charge in [-0.05, 0) is 42.2 Å². The summed E-state index contributed by atoms with van der Waals surface area (Å²) in [5.74, 6) is 0.0588. The van der Waals surface area contributed by atoms with E-state index in [1.807, 2.05) is 122 Å². The number of thioether (sulfide) groups is 1. The SMILES string of the molecule is CCOC(=O)C1=C(c2ccccc2)N=C2SCCCN2C1c1ccc(NC(=O)C(c2ccccc2)c2ccccc2)cc1. The number of nitrogens with zero attached hydrogens (tertiary/aromatic N) is 2. The molecule has 6 nitrogen and oxygen atoms in total. The number of rotatable bonds is 8. The molecule has 0 aromatic heterocycles. The van der Waals surface area contributed by atoms with Crippen molar-refractivity contribution in [2.24, 2.45) is 4.99 Å². The van der Waals surface area contributed by atoms with E-state index in [1.54, 1.807) is 11.8 Å². The normalized spacial score (nSPS) is 16.4. The number of nitrogens with one attached hydrogen (secondary N) is 1. The van der Waals surface area contributed by atoms with Gasteiger partial charge in [0.2, 0.25) is 5.91 Å². The van der Waals surface area contributed by atoms with Crippen LogP contribution in [-0.4, -0.2) is 40.8 Å². The molecule has 6 rings (SSSR count). The first kappa shape index (κ1) is 28.5. The van der Waals surface area contributed by atoms with E-state index in [0.717, 1.165) is 46.1 Å². The van der Waals surface area contributed by atoms with Crippen molar-refractivity contribution in [2.45, 2.75) is 25.3 Å². The van der Waals surface area contributed by atoms with Gasteiger partial charge in [0, 0.05) is 23.5 Å². The number of anilines is 1. The molecule has 0 saturated carbocycles. The Kier molecular flexibility index (Phi) is 8.70. The summed E-state index contributed by atoms with van der Waals surface area (Å²) in [5.41, 5.74) is 5.54. The molecule has 4 aromatic carbocycles. The second-order valence-electron chi connectivity index (χ2n) is 10.4. The van der Waals surface area contributed by atoms with Gasteiger partial charge >= 0.3 is 5.97 Å². The van der Waals surface area contributed by atoms with E-state index >= 15 is 0 Å². The molecule has 2 aliphatic rings. The summed E-state index contributed by atoms with van der Waals surface area (Å²) in [7, 11) is 0. The van der Waals surface area contributed by atoms with Crippen molar-refractivity contribution in [3.05, 3.63) is 143 Å². The van der Waals surface area contributed by atoms with Gasteiger partial charge in [-0.25, -0.2) is 9.79 Å². The molecule has 4 aromatic rings. The molecule has 0 spiro atoms. The number of fused-ring (bicyclic) bond motifs is 1. The van der Waals surface area contributed by atoms with Crippen molar-refractivity contribution in [1.82, 2.24) is 4.90 Å². The number of carbonyl (C=O) groups is 2. The first-order valence-electron chi connectivity index (χ1n) is 14.6. The Morgan fingerprint density at radius 3 is 2.09 bits per heavy atom. The third kappa shape index (κ3) is 6.13. The van der Waals surface area contributed by atoms with Crippen LogP contribution in [0.2, 0.25) is 0 Å². The van der Waals surface area contributed by atoms with Gasteiger partial charge in [-0.1, -0.05) is 115 Å². The van der Waals surface area contributed by atoms with E-state index in [0.29, 0.717) is 17.0 Å². The molecule has 1 atom stereocenters. The Morgan fingerprint density at radius 1 is 0.884 bits per heavy atom. The second kappa shape index (κ2) is 13.1. The average molecular weight is 588 g/mol. The largest absolute Gasteiger partial charge is 0.463 e. The van der Waals surface area contributed by atoms with Gasteiger partial charge in [0.25, 0.3) is 0 Å². The summed E-state index contributed by atoms with van der Waals surface area (Å²) < 4.78 is 5.59. The topological polar surface area (TPSA) is 71.0 Å². The van der Waals surface area contributed by atoms with Crippen LogP contribution in [0.1, 0.15) is 47.6 Å². The number of esters is 1. The number of amides is 1. The Hall–Kier alpha value is -4.62. The van der Waals surface area contributed by atoms with Crippen molar-refractivity contribution in [1.29, 1.82) is 0 Å². The van der Waals surface area contributed by atoms with Gasteiger partial charge in [0.05, 0.1) is 29.8 Å². The fourth-order valence-corrected chi connectivity index (χ4v) is 6.66. The number of benzene rings is 4. The number of hydrogen-bond acceptors (Lipinski definition) is 6. The molecule has 0 radical (unpaired) electrons. The van der Waals surface area contributed by atoms with Crippen LogP contribution in [0.3, 0.4) is 0 Å². The van der Waals surface area contributed by atoms with Crippen molar-refractivity contribution in [2.75, 3.05) is 24.2 Å². The summed E-state index contributed by atoms with van der Waals surface area (Å²) in [6.07, 6.45) is 0.992. The Morgan fingerprint density at radius 2 is 1.49 bits per heavy atom. The summed E-state index contributed by atoms with van der Waals surface area (Å²) in [6.45, 7) is 2.88.